The highest BCUT2D eigenvalue weighted by Crippen LogP contribution is 2.30. The molecular weight excluding hydrogens is 251 g/mol. The fourth-order valence-electron chi connectivity index (χ4n) is 1.51. The van der Waals surface area contributed by atoms with Gasteiger partial charge in [0, 0.05) is 13.1 Å². The lowest BCUT2D eigenvalue weighted by molar-refractivity contribution is -0.120. The highest BCUT2D eigenvalue weighted by atomic mass is 35.5. The number of carbonyl (C=O) groups excluding carboxylic acids is 1. The number of piperazine rings is 1. The molecule has 0 spiro atoms. The molecule has 0 radical (unpaired) electrons. The normalized spacial score (nSPS) is 16.1. The summed E-state index contributed by atoms with van der Waals surface area (Å²) in [6.45, 7) is 1.45. The first kappa shape index (κ1) is 11.3. The van der Waals surface area contributed by atoms with Gasteiger partial charge in [0.05, 0.1) is 16.6 Å². The number of hydrogen-bond acceptors (Lipinski definition) is 4. The topological polar surface area (TPSA) is 71.2 Å². The maximum absolute atomic E-state index is 11.2. The van der Waals surface area contributed by atoms with Crippen LogP contribution in [0.15, 0.2) is 6.07 Å². The number of nitrogens with zero attached hydrogens (tertiary/aromatic N) is 2. The molecular formula is C9H10Cl2N4O. The zero-order chi connectivity index (χ0) is 11.7. The van der Waals surface area contributed by atoms with Gasteiger partial charge in [0.1, 0.15) is 11.6 Å². The number of nitrogens with one attached hydrogen (secondary N) is 1. The van der Waals surface area contributed by atoms with Gasteiger partial charge in [-0.05, 0) is 6.07 Å². The van der Waals surface area contributed by atoms with Crippen LogP contribution in [0.1, 0.15) is 0 Å². The van der Waals surface area contributed by atoms with Gasteiger partial charge in [-0.2, -0.15) is 0 Å². The number of carbonyl (C=O) groups is 1. The van der Waals surface area contributed by atoms with E-state index in [1.165, 1.54) is 6.07 Å². The van der Waals surface area contributed by atoms with Crippen LogP contribution in [-0.2, 0) is 4.79 Å². The van der Waals surface area contributed by atoms with Crippen LogP contribution in [0.5, 0.6) is 0 Å². The summed E-state index contributed by atoms with van der Waals surface area (Å²) in [6, 6.07) is 1.54. The van der Waals surface area contributed by atoms with Crippen LogP contribution in [0.25, 0.3) is 0 Å². The Labute approximate surface area is 103 Å². The van der Waals surface area contributed by atoms with Crippen LogP contribution in [0.2, 0.25) is 10.0 Å². The molecule has 7 heteroatoms. The van der Waals surface area contributed by atoms with E-state index in [1.54, 1.807) is 4.90 Å². The first-order valence-corrected chi connectivity index (χ1v) is 5.46. The molecule has 5 nitrogen and oxygen atoms in total. The molecule has 1 aliphatic rings. The Kier molecular flexibility index (Phi) is 3.07. The Morgan fingerprint density at radius 2 is 2.19 bits per heavy atom. The van der Waals surface area contributed by atoms with Crippen molar-refractivity contribution in [3.05, 3.63) is 16.1 Å². The molecule has 16 heavy (non-hydrogen) atoms. The molecule has 86 valence electrons. The third-order valence-electron chi connectivity index (χ3n) is 2.28. The average Bonchev–Trinajstić information content (AvgIpc) is 2.23. The largest absolute Gasteiger partial charge is 0.382 e. The molecule has 3 N–H and O–H groups in total. The lowest BCUT2D eigenvalue weighted by Crippen LogP contribution is -2.48. The molecule has 0 saturated carbocycles. The summed E-state index contributed by atoms with van der Waals surface area (Å²) in [6.07, 6.45) is 0. The highest BCUT2D eigenvalue weighted by Gasteiger charge is 2.20. The first-order valence-electron chi connectivity index (χ1n) is 4.71. The molecule has 2 heterocycles. The second-order valence-corrected chi connectivity index (χ2v) is 4.25. The predicted molar refractivity (Wildman–Crippen MR) is 63.9 cm³/mol. The summed E-state index contributed by atoms with van der Waals surface area (Å²) in [4.78, 5) is 17.1. The van der Waals surface area contributed by atoms with Gasteiger partial charge >= 0.3 is 0 Å². The monoisotopic (exact) mass is 260 g/mol. The molecule has 0 aliphatic carbocycles. The van der Waals surface area contributed by atoms with Crippen molar-refractivity contribution >= 4 is 40.7 Å². The quantitative estimate of drug-likeness (QED) is 0.788. The fourth-order valence-corrected chi connectivity index (χ4v) is 1.99. The summed E-state index contributed by atoms with van der Waals surface area (Å²) in [5, 5.41) is 3.43. The summed E-state index contributed by atoms with van der Waals surface area (Å²) in [5.74, 6) is 0.656. The standard InChI is InChI=1S/C9H10Cl2N4O/c10-5-3-6(11)9(14-8(5)12)15-2-1-13-7(16)4-15/h3H,1-2,4H2,(H2,12,14)(H,13,16). The van der Waals surface area contributed by atoms with Crippen molar-refractivity contribution in [3.8, 4) is 0 Å². The number of nitrogens with two attached hydrogens (primary N) is 1. The van der Waals surface area contributed by atoms with Crippen LogP contribution >= 0.6 is 23.2 Å². The number of pyridine rings is 1. The van der Waals surface area contributed by atoms with Crippen molar-refractivity contribution in [3.63, 3.8) is 0 Å². The number of anilines is 2. The molecule has 0 bridgehead atoms. The smallest absolute Gasteiger partial charge is 0.239 e. The van der Waals surface area contributed by atoms with Gasteiger partial charge in [-0.15, -0.1) is 0 Å². The molecule has 2 rings (SSSR count). The molecule has 1 amide bonds. The van der Waals surface area contributed by atoms with Crippen LogP contribution in [0, 0.1) is 0 Å². The number of amides is 1. The van der Waals surface area contributed by atoms with Crippen LogP contribution in [0.4, 0.5) is 11.6 Å². The minimum absolute atomic E-state index is 0.0577. The molecule has 1 aromatic heterocycles. The van der Waals surface area contributed by atoms with E-state index in [1.807, 2.05) is 0 Å². The van der Waals surface area contributed by atoms with E-state index in [0.717, 1.165) is 0 Å². The summed E-state index contributed by atoms with van der Waals surface area (Å²) >= 11 is 11.8. The molecule has 0 unspecified atom stereocenters. The minimum Gasteiger partial charge on any atom is -0.382 e. The molecule has 1 saturated heterocycles. The van der Waals surface area contributed by atoms with Gasteiger partial charge in [0.2, 0.25) is 5.91 Å². The van der Waals surface area contributed by atoms with E-state index in [2.05, 4.69) is 10.3 Å². The average molecular weight is 261 g/mol. The maximum Gasteiger partial charge on any atom is 0.239 e. The number of nitrogen functional groups attached to an aromatic ring is 1. The Bertz CT molecular complexity index is 438. The zero-order valence-corrected chi connectivity index (χ0v) is 9.85. The molecule has 0 aromatic carbocycles. The Morgan fingerprint density at radius 1 is 1.44 bits per heavy atom. The summed E-state index contributed by atoms with van der Waals surface area (Å²) in [7, 11) is 0. The van der Waals surface area contributed by atoms with E-state index in [4.69, 9.17) is 28.9 Å². The zero-order valence-electron chi connectivity index (χ0n) is 8.33. The second kappa shape index (κ2) is 4.35. The van der Waals surface area contributed by atoms with E-state index >= 15 is 0 Å². The van der Waals surface area contributed by atoms with Gasteiger partial charge in [-0.25, -0.2) is 4.98 Å². The van der Waals surface area contributed by atoms with Crippen LogP contribution in [0.3, 0.4) is 0 Å². The van der Waals surface area contributed by atoms with Crippen molar-refractivity contribution < 1.29 is 4.79 Å². The van der Waals surface area contributed by atoms with Crippen LogP contribution < -0.4 is 16.0 Å². The maximum atomic E-state index is 11.2. The second-order valence-electron chi connectivity index (χ2n) is 3.43. The molecule has 0 atom stereocenters. The van der Waals surface area contributed by atoms with Gasteiger partial charge in [0.15, 0.2) is 0 Å². The van der Waals surface area contributed by atoms with Crippen molar-refractivity contribution in [1.82, 2.24) is 10.3 Å². The lowest BCUT2D eigenvalue weighted by Gasteiger charge is -2.28. The Morgan fingerprint density at radius 3 is 2.88 bits per heavy atom. The van der Waals surface area contributed by atoms with E-state index in [0.29, 0.717) is 29.0 Å². The first-order chi connectivity index (χ1) is 7.58. The van der Waals surface area contributed by atoms with Crippen molar-refractivity contribution in [2.75, 3.05) is 30.3 Å². The van der Waals surface area contributed by atoms with Gasteiger partial charge in [0.25, 0.3) is 0 Å². The van der Waals surface area contributed by atoms with E-state index in [-0.39, 0.29) is 18.3 Å². The van der Waals surface area contributed by atoms with E-state index in [9.17, 15) is 4.79 Å². The van der Waals surface area contributed by atoms with Crippen LogP contribution in [-0.4, -0.2) is 30.5 Å². The summed E-state index contributed by atoms with van der Waals surface area (Å²) < 4.78 is 0. The lowest BCUT2D eigenvalue weighted by atomic mass is 10.3. The molecule has 1 fully saturated rings. The van der Waals surface area contributed by atoms with Gasteiger partial charge in [-0.1, -0.05) is 23.2 Å². The number of halogens is 2. The van der Waals surface area contributed by atoms with Crippen molar-refractivity contribution in [2.24, 2.45) is 0 Å². The summed E-state index contributed by atoms with van der Waals surface area (Å²) in [5.41, 5.74) is 5.60. The Balaban J connectivity index is 2.32. The predicted octanol–water partition coefficient (Wildman–Crippen LogP) is 0.907. The fraction of sp³-hybridized carbons (Fsp3) is 0.333. The third kappa shape index (κ3) is 2.15. The Hall–Kier alpha value is -1.20. The van der Waals surface area contributed by atoms with E-state index < -0.39 is 0 Å². The SMILES string of the molecule is Nc1nc(N2CCNC(=O)C2)c(Cl)cc1Cl. The van der Waals surface area contributed by atoms with Crippen molar-refractivity contribution in [1.29, 1.82) is 0 Å². The van der Waals surface area contributed by atoms with Crippen molar-refractivity contribution in [2.45, 2.75) is 0 Å². The number of aromatic nitrogens is 1. The van der Waals surface area contributed by atoms with Gasteiger partial charge in [-0.3, -0.25) is 4.79 Å². The minimum atomic E-state index is -0.0577. The van der Waals surface area contributed by atoms with Gasteiger partial charge < -0.3 is 16.0 Å². The number of hydrogen-bond donors (Lipinski definition) is 2. The highest BCUT2D eigenvalue weighted by molar-refractivity contribution is 6.37. The third-order valence-corrected chi connectivity index (χ3v) is 2.86. The molecule has 1 aliphatic heterocycles. The number of rotatable bonds is 1. The molecule has 1 aromatic rings.